The van der Waals surface area contributed by atoms with E-state index in [2.05, 4.69) is 12.1 Å². The predicted octanol–water partition coefficient (Wildman–Crippen LogP) is 6.47. The molecule has 172 valence electrons. The molecule has 1 aromatic carbocycles. The molecule has 1 aliphatic heterocycles. The van der Waals surface area contributed by atoms with Crippen LogP contribution in [0.2, 0.25) is 0 Å². The highest BCUT2D eigenvalue weighted by Crippen LogP contribution is 2.28. The first kappa shape index (κ1) is 23.8. The number of unbranched alkanes of at least 4 members (excludes halogenated alkanes) is 6. The number of nitrogens with one attached hydrogen (secondary N) is 1. The standard InChI is InChI=1S/C27H43N3O/c28-26(29)25-16-11-21-30(25)27(31)24-19-17-23(18-20-24)15-8-5-3-1-2-4-7-12-22-13-9-6-10-14-22/h17-20,22,25H,1-16,21H2,(H3,28,29)/t25-/m0/s1. The van der Waals surface area contributed by atoms with Crippen LogP contribution in [0.5, 0.6) is 0 Å². The smallest absolute Gasteiger partial charge is 0.254 e. The molecule has 0 radical (unpaired) electrons. The summed E-state index contributed by atoms with van der Waals surface area (Å²) in [7, 11) is 0. The van der Waals surface area contributed by atoms with E-state index in [0.29, 0.717) is 12.1 Å². The van der Waals surface area contributed by atoms with Gasteiger partial charge in [-0.05, 0) is 49.3 Å². The molecule has 1 atom stereocenters. The van der Waals surface area contributed by atoms with Gasteiger partial charge in [0.05, 0.1) is 6.04 Å². The second kappa shape index (κ2) is 12.9. The fourth-order valence-electron chi connectivity index (χ4n) is 5.43. The van der Waals surface area contributed by atoms with Crippen molar-refractivity contribution in [2.24, 2.45) is 11.7 Å². The summed E-state index contributed by atoms with van der Waals surface area (Å²) in [5, 5.41) is 7.70. The second-order valence-electron chi connectivity index (χ2n) is 9.83. The molecule has 0 bridgehead atoms. The Balaban J connectivity index is 1.25. The first-order valence-electron chi connectivity index (χ1n) is 12.9. The van der Waals surface area contributed by atoms with Gasteiger partial charge in [-0.1, -0.05) is 89.2 Å². The van der Waals surface area contributed by atoms with Gasteiger partial charge in [-0.3, -0.25) is 10.2 Å². The first-order valence-corrected chi connectivity index (χ1v) is 12.9. The number of amides is 1. The van der Waals surface area contributed by atoms with Crippen LogP contribution in [0.15, 0.2) is 24.3 Å². The van der Waals surface area contributed by atoms with E-state index < -0.39 is 0 Å². The van der Waals surface area contributed by atoms with Gasteiger partial charge in [-0.25, -0.2) is 0 Å². The number of nitrogens with zero attached hydrogens (tertiary/aromatic N) is 1. The molecular weight excluding hydrogens is 382 g/mol. The average Bonchev–Trinajstić information content (AvgIpc) is 3.29. The van der Waals surface area contributed by atoms with Gasteiger partial charge >= 0.3 is 0 Å². The largest absolute Gasteiger partial charge is 0.386 e. The fourth-order valence-corrected chi connectivity index (χ4v) is 5.43. The third-order valence-electron chi connectivity index (χ3n) is 7.38. The van der Waals surface area contributed by atoms with Crippen LogP contribution < -0.4 is 5.73 Å². The highest BCUT2D eigenvalue weighted by atomic mass is 16.2. The Morgan fingerprint density at radius 3 is 2.19 bits per heavy atom. The topological polar surface area (TPSA) is 70.2 Å². The van der Waals surface area contributed by atoms with E-state index >= 15 is 0 Å². The molecule has 0 aromatic heterocycles. The summed E-state index contributed by atoms with van der Waals surface area (Å²) in [5.74, 6) is 1.15. The van der Waals surface area contributed by atoms with Gasteiger partial charge in [0.1, 0.15) is 5.84 Å². The monoisotopic (exact) mass is 425 g/mol. The van der Waals surface area contributed by atoms with E-state index in [-0.39, 0.29) is 17.8 Å². The highest BCUT2D eigenvalue weighted by Gasteiger charge is 2.31. The van der Waals surface area contributed by atoms with Gasteiger partial charge in [0.25, 0.3) is 5.91 Å². The van der Waals surface area contributed by atoms with Crippen molar-refractivity contribution in [1.82, 2.24) is 4.90 Å². The van der Waals surface area contributed by atoms with E-state index in [9.17, 15) is 4.79 Å². The van der Waals surface area contributed by atoms with Crippen LogP contribution in [0.1, 0.15) is 112 Å². The molecule has 0 unspecified atom stereocenters. The van der Waals surface area contributed by atoms with Crippen molar-refractivity contribution in [2.75, 3.05) is 6.54 Å². The van der Waals surface area contributed by atoms with Crippen molar-refractivity contribution in [3.63, 3.8) is 0 Å². The van der Waals surface area contributed by atoms with Crippen LogP contribution in [0, 0.1) is 11.3 Å². The number of carbonyl (C=O) groups is 1. The Kier molecular flexibility index (Phi) is 9.89. The number of aryl methyl sites for hydroxylation is 1. The van der Waals surface area contributed by atoms with E-state index in [4.69, 9.17) is 11.1 Å². The molecule has 31 heavy (non-hydrogen) atoms. The molecule has 1 saturated heterocycles. The van der Waals surface area contributed by atoms with Gasteiger partial charge in [0.15, 0.2) is 0 Å². The summed E-state index contributed by atoms with van der Waals surface area (Å²) in [4.78, 5) is 14.5. The highest BCUT2D eigenvalue weighted by molar-refractivity contribution is 5.98. The zero-order valence-electron chi connectivity index (χ0n) is 19.4. The summed E-state index contributed by atoms with van der Waals surface area (Å²) < 4.78 is 0. The Hall–Kier alpha value is -1.84. The fraction of sp³-hybridized carbons (Fsp3) is 0.704. The van der Waals surface area contributed by atoms with Crippen LogP contribution >= 0.6 is 0 Å². The molecule has 3 rings (SSSR count). The molecular formula is C27H43N3O. The lowest BCUT2D eigenvalue weighted by atomic mass is 9.85. The summed E-state index contributed by atoms with van der Waals surface area (Å²) in [6.45, 7) is 0.700. The van der Waals surface area contributed by atoms with Gasteiger partial charge in [-0.15, -0.1) is 0 Å². The van der Waals surface area contributed by atoms with Gasteiger partial charge < -0.3 is 10.6 Å². The Labute approximate surface area is 189 Å². The number of amidine groups is 1. The summed E-state index contributed by atoms with van der Waals surface area (Å²) >= 11 is 0. The molecule has 1 saturated carbocycles. The first-order chi connectivity index (χ1) is 15.1. The van der Waals surface area contributed by atoms with Crippen LogP contribution in [0.3, 0.4) is 0 Å². The number of carbonyl (C=O) groups excluding carboxylic acids is 1. The van der Waals surface area contributed by atoms with Gasteiger partial charge in [0, 0.05) is 12.1 Å². The molecule has 4 nitrogen and oxygen atoms in total. The van der Waals surface area contributed by atoms with Gasteiger partial charge in [0.2, 0.25) is 0 Å². The minimum Gasteiger partial charge on any atom is -0.386 e. The lowest BCUT2D eigenvalue weighted by Crippen LogP contribution is -2.43. The molecule has 1 amide bonds. The maximum atomic E-state index is 12.7. The van der Waals surface area contributed by atoms with E-state index in [0.717, 1.165) is 25.2 Å². The van der Waals surface area contributed by atoms with Crippen LogP contribution in [-0.4, -0.2) is 29.2 Å². The van der Waals surface area contributed by atoms with Crippen LogP contribution in [0.4, 0.5) is 0 Å². The van der Waals surface area contributed by atoms with Crippen LogP contribution in [0.25, 0.3) is 0 Å². The number of nitrogens with two attached hydrogens (primary N) is 1. The molecule has 2 fully saturated rings. The quantitative estimate of drug-likeness (QED) is 0.229. The predicted molar refractivity (Wildman–Crippen MR) is 130 cm³/mol. The van der Waals surface area contributed by atoms with Crippen molar-refractivity contribution in [1.29, 1.82) is 5.41 Å². The zero-order valence-corrected chi connectivity index (χ0v) is 19.4. The number of hydrogen-bond donors (Lipinski definition) is 2. The minimum atomic E-state index is -0.223. The van der Waals surface area contributed by atoms with E-state index in [1.807, 2.05) is 12.1 Å². The SMILES string of the molecule is N=C(N)[C@@H]1CCCN1C(=O)c1ccc(CCCCCCCCCC2CCCCC2)cc1. The van der Waals surface area contributed by atoms with Gasteiger partial charge in [-0.2, -0.15) is 0 Å². The van der Waals surface area contributed by atoms with E-state index in [1.54, 1.807) is 4.90 Å². The Bertz CT molecular complexity index is 678. The molecule has 1 aromatic rings. The molecule has 3 N–H and O–H groups in total. The molecule has 1 aliphatic carbocycles. The number of likely N-dealkylation sites (tertiary alicyclic amines) is 1. The van der Waals surface area contributed by atoms with Crippen molar-refractivity contribution in [3.05, 3.63) is 35.4 Å². The number of rotatable bonds is 12. The van der Waals surface area contributed by atoms with Crippen LogP contribution in [-0.2, 0) is 6.42 Å². The molecule has 1 heterocycles. The average molecular weight is 426 g/mol. The molecule has 4 heteroatoms. The molecule has 2 aliphatic rings. The lowest BCUT2D eigenvalue weighted by Gasteiger charge is -2.23. The van der Waals surface area contributed by atoms with E-state index in [1.165, 1.54) is 89.0 Å². The Morgan fingerprint density at radius 2 is 1.52 bits per heavy atom. The third-order valence-corrected chi connectivity index (χ3v) is 7.38. The summed E-state index contributed by atoms with van der Waals surface area (Å²) in [5.41, 5.74) is 7.69. The third kappa shape index (κ3) is 7.66. The second-order valence-corrected chi connectivity index (χ2v) is 9.83. The number of hydrogen-bond acceptors (Lipinski definition) is 2. The molecule has 0 spiro atoms. The Morgan fingerprint density at radius 1 is 0.871 bits per heavy atom. The van der Waals surface area contributed by atoms with Crippen molar-refractivity contribution < 1.29 is 4.79 Å². The van der Waals surface area contributed by atoms with Crippen molar-refractivity contribution in [2.45, 2.75) is 109 Å². The lowest BCUT2D eigenvalue weighted by molar-refractivity contribution is 0.0769. The summed E-state index contributed by atoms with van der Waals surface area (Å²) in [6, 6.07) is 7.85. The minimum absolute atomic E-state index is 0.00716. The maximum absolute atomic E-state index is 12.7. The number of benzene rings is 1. The maximum Gasteiger partial charge on any atom is 0.254 e. The van der Waals surface area contributed by atoms with Crippen molar-refractivity contribution >= 4 is 11.7 Å². The van der Waals surface area contributed by atoms with Crippen molar-refractivity contribution in [3.8, 4) is 0 Å². The summed E-state index contributed by atoms with van der Waals surface area (Å²) in [6.07, 6.45) is 21.2. The zero-order chi connectivity index (χ0) is 21.9. The normalized spacial score (nSPS) is 19.6.